The van der Waals surface area contributed by atoms with E-state index in [-0.39, 0.29) is 0 Å². The van der Waals surface area contributed by atoms with E-state index in [1.165, 1.54) is 0 Å². The molecule has 0 aliphatic carbocycles. The Labute approximate surface area is 104 Å². The molecule has 0 radical (unpaired) electrons. The van der Waals surface area contributed by atoms with Gasteiger partial charge in [0.05, 0.1) is 5.52 Å². The van der Waals surface area contributed by atoms with Gasteiger partial charge in [0, 0.05) is 24.2 Å². The Kier molecular flexibility index (Phi) is 2.41. The smallest absolute Gasteiger partial charge is 0.170 e. The van der Waals surface area contributed by atoms with E-state index in [1.54, 1.807) is 12.4 Å². The number of fused-ring (bicyclic) bond motifs is 1. The van der Waals surface area contributed by atoms with E-state index in [4.69, 9.17) is 0 Å². The van der Waals surface area contributed by atoms with Gasteiger partial charge in [0.1, 0.15) is 11.5 Å². The highest BCUT2D eigenvalue weighted by molar-refractivity contribution is 5.86. The Morgan fingerprint density at radius 3 is 2.67 bits per heavy atom. The first-order chi connectivity index (χ1) is 8.79. The molecule has 0 N–H and O–H groups in total. The van der Waals surface area contributed by atoms with Crippen molar-refractivity contribution in [2.75, 3.05) is 0 Å². The number of hydrogen-bond donors (Lipinski definition) is 0. The van der Waals surface area contributed by atoms with Gasteiger partial charge < -0.3 is 0 Å². The van der Waals surface area contributed by atoms with E-state index in [0.717, 1.165) is 28.8 Å². The SMILES string of the molecule is Cc1ccc2c(C=O)nc(-c3ccncc3)n2c1. The molecular formula is C14H11N3O. The fourth-order valence-corrected chi connectivity index (χ4v) is 2.01. The lowest BCUT2D eigenvalue weighted by Gasteiger charge is -2.01. The first-order valence-corrected chi connectivity index (χ1v) is 5.64. The highest BCUT2D eigenvalue weighted by Crippen LogP contribution is 2.22. The molecule has 0 spiro atoms. The van der Waals surface area contributed by atoms with Crippen molar-refractivity contribution in [2.45, 2.75) is 6.92 Å². The van der Waals surface area contributed by atoms with Crippen LogP contribution in [0.15, 0.2) is 42.9 Å². The van der Waals surface area contributed by atoms with E-state index < -0.39 is 0 Å². The van der Waals surface area contributed by atoms with Crippen molar-refractivity contribution in [3.63, 3.8) is 0 Å². The Bertz CT molecular complexity index is 716. The standard InChI is InChI=1S/C14H11N3O/c1-10-2-3-13-12(9-18)16-14(17(13)8-10)11-4-6-15-7-5-11/h2-9H,1H3. The van der Waals surface area contributed by atoms with Crippen molar-refractivity contribution >= 4 is 11.8 Å². The number of aldehydes is 1. The van der Waals surface area contributed by atoms with Crippen LogP contribution < -0.4 is 0 Å². The zero-order valence-corrected chi connectivity index (χ0v) is 9.87. The molecule has 3 aromatic heterocycles. The fourth-order valence-electron chi connectivity index (χ4n) is 2.01. The lowest BCUT2D eigenvalue weighted by atomic mass is 10.2. The summed E-state index contributed by atoms with van der Waals surface area (Å²) in [6, 6.07) is 7.65. The highest BCUT2D eigenvalue weighted by atomic mass is 16.1. The zero-order chi connectivity index (χ0) is 12.5. The van der Waals surface area contributed by atoms with Crippen molar-refractivity contribution in [2.24, 2.45) is 0 Å². The summed E-state index contributed by atoms with van der Waals surface area (Å²) in [5.41, 5.74) is 3.34. The number of pyridine rings is 2. The molecule has 3 rings (SSSR count). The normalized spacial score (nSPS) is 10.7. The number of imidazole rings is 1. The van der Waals surface area contributed by atoms with Crippen molar-refractivity contribution < 1.29 is 4.79 Å². The van der Waals surface area contributed by atoms with Crippen LogP contribution in [-0.2, 0) is 0 Å². The first-order valence-electron chi connectivity index (χ1n) is 5.64. The van der Waals surface area contributed by atoms with Crippen LogP contribution in [0.25, 0.3) is 16.9 Å². The number of hydrogen-bond acceptors (Lipinski definition) is 3. The summed E-state index contributed by atoms with van der Waals surface area (Å²) in [7, 11) is 0. The minimum absolute atomic E-state index is 0.460. The monoisotopic (exact) mass is 237 g/mol. The molecule has 0 saturated carbocycles. The minimum atomic E-state index is 0.460. The first kappa shape index (κ1) is 10.7. The molecule has 88 valence electrons. The molecule has 0 aromatic carbocycles. The highest BCUT2D eigenvalue weighted by Gasteiger charge is 2.11. The van der Waals surface area contributed by atoms with E-state index in [9.17, 15) is 4.79 Å². The summed E-state index contributed by atoms with van der Waals surface area (Å²) in [5.74, 6) is 0.762. The van der Waals surface area contributed by atoms with Crippen molar-refractivity contribution in [1.29, 1.82) is 0 Å². The number of nitrogens with zero attached hydrogens (tertiary/aromatic N) is 3. The number of carbonyl (C=O) groups is 1. The van der Waals surface area contributed by atoms with E-state index in [1.807, 2.05) is 41.8 Å². The summed E-state index contributed by atoms with van der Waals surface area (Å²) < 4.78 is 1.94. The average molecular weight is 237 g/mol. The molecule has 3 aromatic rings. The van der Waals surface area contributed by atoms with Gasteiger partial charge in [0.2, 0.25) is 0 Å². The van der Waals surface area contributed by atoms with E-state index in [0.29, 0.717) is 5.69 Å². The van der Waals surface area contributed by atoms with Crippen LogP contribution in [0.4, 0.5) is 0 Å². The topological polar surface area (TPSA) is 47.3 Å². The van der Waals surface area contributed by atoms with Gasteiger partial charge in [0.15, 0.2) is 6.29 Å². The van der Waals surface area contributed by atoms with Gasteiger partial charge in [-0.3, -0.25) is 14.2 Å². The third-order valence-electron chi connectivity index (χ3n) is 2.86. The van der Waals surface area contributed by atoms with Crippen LogP contribution in [0.2, 0.25) is 0 Å². The number of carbonyl (C=O) groups excluding carboxylic acids is 1. The van der Waals surface area contributed by atoms with Crippen LogP contribution in [0.5, 0.6) is 0 Å². The Balaban J connectivity index is 2.36. The number of aryl methyl sites for hydroxylation is 1. The molecule has 4 nitrogen and oxygen atoms in total. The largest absolute Gasteiger partial charge is 0.299 e. The van der Waals surface area contributed by atoms with E-state index in [2.05, 4.69) is 9.97 Å². The number of aromatic nitrogens is 3. The van der Waals surface area contributed by atoms with Crippen LogP contribution >= 0.6 is 0 Å². The zero-order valence-electron chi connectivity index (χ0n) is 9.87. The molecule has 0 amide bonds. The second-order valence-electron chi connectivity index (χ2n) is 4.14. The predicted octanol–water partition coefficient (Wildman–Crippen LogP) is 2.52. The molecule has 0 aliphatic heterocycles. The molecule has 0 bridgehead atoms. The Hall–Kier alpha value is -2.49. The summed E-state index contributed by atoms with van der Waals surface area (Å²) in [4.78, 5) is 19.4. The van der Waals surface area contributed by atoms with Gasteiger partial charge in [0.25, 0.3) is 0 Å². The second-order valence-corrected chi connectivity index (χ2v) is 4.14. The van der Waals surface area contributed by atoms with Crippen LogP contribution in [-0.4, -0.2) is 20.7 Å². The molecule has 3 heterocycles. The minimum Gasteiger partial charge on any atom is -0.299 e. The lowest BCUT2D eigenvalue weighted by Crippen LogP contribution is -1.90. The molecule has 0 unspecified atom stereocenters. The van der Waals surface area contributed by atoms with Gasteiger partial charge in [-0.15, -0.1) is 0 Å². The van der Waals surface area contributed by atoms with Gasteiger partial charge >= 0.3 is 0 Å². The van der Waals surface area contributed by atoms with Gasteiger partial charge in [-0.2, -0.15) is 0 Å². The van der Waals surface area contributed by atoms with E-state index >= 15 is 0 Å². The Morgan fingerprint density at radius 1 is 1.17 bits per heavy atom. The molecule has 0 saturated heterocycles. The van der Waals surface area contributed by atoms with Crippen molar-refractivity contribution in [3.05, 3.63) is 54.1 Å². The maximum atomic E-state index is 11.1. The van der Waals surface area contributed by atoms with Crippen molar-refractivity contribution in [1.82, 2.24) is 14.4 Å². The quantitative estimate of drug-likeness (QED) is 0.643. The maximum absolute atomic E-state index is 11.1. The van der Waals surface area contributed by atoms with Gasteiger partial charge in [-0.1, -0.05) is 6.07 Å². The lowest BCUT2D eigenvalue weighted by molar-refractivity contribution is 0.112. The summed E-state index contributed by atoms with van der Waals surface area (Å²) in [5, 5.41) is 0. The van der Waals surface area contributed by atoms with Crippen LogP contribution in [0, 0.1) is 6.92 Å². The van der Waals surface area contributed by atoms with Crippen molar-refractivity contribution in [3.8, 4) is 11.4 Å². The predicted molar refractivity (Wildman–Crippen MR) is 68.5 cm³/mol. The molecular weight excluding hydrogens is 226 g/mol. The average Bonchev–Trinajstić information content (AvgIpc) is 2.77. The summed E-state index contributed by atoms with van der Waals surface area (Å²) >= 11 is 0. The third-order valence-corrected chi connectivity index (χ3v) is 2.86. The third kappa shape index (κ3) is 1.59. The molecule has 4 heteroatoms. The van der Waals surface area contributed by atoms with Crippen LogP contribution in [0.3, 0.4) is 0 Å². The van der Waals surface area contributed by atoms with Crippen LogP contribution in [0.1, 0.15) is 16.1 Å². The molecule has 0 atom stereocenters. The molecule has 18 heavy (non-hydrogen) atoms. The molecule has 0 fully saturated rings. The second kappa shape index (κ2) is 4.07. The maximum Gasteiger partial charge on any atom is 0.170 e. The summed E-state index contributed by atoms with van der Waals surface area (Å²) in [6.45, 7) is 2.01. The Morgan fingerprint density at radius 2 is 1.94 bits per heavy atom. The summed E-state index contributed by atoms with van der Waals surface area (Å²) in [6.07, 6.45) is 6.19. The number of rotatable bonds is 2. The van der Waals surface area contributed by atoms with Gasteiger partial charge in [-0.05, 0) is 30.7 Å². The van der Waals surface area contributed by atoms with Gasteiger partial charge in [-0.25, -0.2) is 4.98 Å². The molecule has 0 aliphatic rings. The fraction of sp³-hybridized carbons (Fsp3) is 0.0714.